The van der Waals surface area contributed by atoms with Gasteiger partial charge in [-0.25, -0.2) is 4.79 Å². The lowest BCUT2D eigenvalue weighted by molar-refractivity contribution is 0.0953. The van der Waals surface area contributed by atoms with E-state index in [0.29, 0.717) is 34.7 Å². The van der Waals surface area contributed by atoms with Crippen LogP contribution in [0.15, 0.2) is 33.5 Å². The SMILES string of the molecule is COc1ccc2c(C(=O)NCCC(C)C)cc(=O)oc2c1. The molecule has 0 saturated heterocycles. The smallest absolute Gasteiger partial charge is 0.337 e. The maximum atomic E-state index is 12.2. The van der Waals surface area contributed by atoms with Gasteiger partial charge in [-0.3, -0.25) is 4.79 Å². The topological polar surface area (TPSA) is 68.5 Å². The van der Waals surface area contributed by atoms with Gasteiger partial charge in [0, 0.05) is 24.1 Å². The molecule has 1 aromatic carbocycles. The molecule has 0 bridgehead atoms. The highest BCUT2D eigenvalue weighted by molar-refractivity contribution is 6.05. The molecule has 0 aliphatic carbocycles. The second kappa shape index (κ2) is 6.43. The highest BCUT2D eigenvalue weighted by Crippen LogP contribution is 2.22. The highest BCUT2D eigenvalue weighted by Gasteiger charge is 2.13. The molecule has 1 heterocycles. The minimum Gasteiger partial charge on any atom is -0.497 e. The average Bonchev–Trinajstić information content (AvgIpc) is 2.45. The van der Waals surface area contributed by atoms with Gasteiger partial charge in [0.25, 0.3) is 5.91 Å². The van der Waals surface area contributed by atoms with Gasteiger partial charge in [0.15, 0.2) is 0 Å². The van der Waals surface area contributed by atoms with Crippen molar-refractivity contribution in [3.63, 3.8) is 0 Å². The number of rotatable bonds is 5. The van der Waals surface area contributed by atoms with Crippen LogP contribution >= 0.6 is 0 Å². The summed E-state index contributed by atoms with van der Waals surface area (Å²) in [7, 11) is 1.53. The third-order valence-corrected chi connectivity index (χ3v) is 3.20. The summed E-state index contributed by atoms with van der Waals surface area (Å²) in [6.07, 6.45) is 0.888. The van der Waals surface area contributed by atoms with Crippen LogP contribution in [0.1, 0.15) is 30.6 Å². The standard InChI is InChI=1S/C16H19NO4/c1-10(2)6-7-17-16(19)13-9-15(18)21-14-8-11(20-3)4-5-12(13)14/h4-5,8-10H,6-7H2,1-3H3,(H,17,19). The Bertz CT molecular complexity index is 703. The van der Waals surface area contributed by atoms with Gasteiger partial charge in [0.1, 0.15) is 11.3 Å². The summed E-state index contributed by atoms with van der Waals surface area (Å²) >= 11 is 0. The van der Waals surface area contributed by atoms with Gasteiger partial charge in [0.2, 0.25) is 0 Å². The van der Waals surface area contributed by atoms with E-state index in [9.17, 15) is 9.59 Å². The van der Waals surface area contributed by atoms with Gasteiger partial charge in [-0.2, -0.15) is 0 Å². The first-order chi connectivity index (χ1) is 10.0. The van der Waals surface area contributed by atoms with E-state index in [1.807, 2.05) is 0 Å². The maximum absolute atomic E-state index is 12.2. The van der Waals surface area contributed by atoms with E-state index < -0.39 is 5.63 Å². The molecule has 2 rings (SSSR count). The summed E-state index contributed by atoms with van der Waals surface area (Å²) in [6.45, 7) is 4.75. The van der Waals surface area contributed by atoms with Gasteiger partial charge in [-0.1, -0.05) is 13.8 Å². The minimum absolute atomic E-state index is 0.265. The molecule has 1 aromatic heterocycles. The first-order valence-corrected chi connectivity index (χ1v) is 6.91. The van der Waals surface area contributed by atoms with Gasteiger partial charge >= 0.3 is 5.63 Å². The van der Waals surface area contributed by atoms with Gasteiger partial charge in [0.05, 0.1) is 12.7 Å². The predicted molar refractivity (Wildman–Crippen MR) is 80.8 cm³/mol. The fourth-order valence-electron chi connectivity index (χ4n) is 2.03. The van der Waals surface area contributed by atoms with Crippen LogP contribution in [0.4, 0.5) is 0 Å². The summed E-state index contributed by atoms with van der Waals surface area (Å²) in [5.74, 6) is 0.814. The molecule has 0 saturated carbocycles. The fraction of sp³-hybridized carbons (Fsp3) is 0.375. The third kappa shape index (κ3) is 3.62. The van der Waals surface area contributed by atoms with Crippen LogP contribution in [0.3, 0.4) is 0 Å². The minimum atomic E-state index is -0.551. The maximum Gasteiger partial charge on any atom is 0.337 e. The molecule has 0 fully saturated rings. The number of amides is 1. The van der Waals surface area contributed by atoms with E-state index in [1.165, 1.54) is 13.2 Å². The zero-order chi connectivity index (χ0) is 15.4. The number of fused-ring (bicyclic) bond motifs is 1. The molecule has 0 radical (unpaired) electrons. The van der Waals surface area contributed by atoms with Crippen molar-refractivity contribution in [1.82, 2.24) is 5.32 Å². The van der Waals surface area contributed by atoms with Crippen molar-refractivity contribution in [1.29, 1.82) is 0 Å². The zero-order valence-corrected chi connectivity index (χ0v) is 12.4. The summed E-state index contributed by atoms with van der Waals surface area (Å²) in [4.78, 5) is 23.8. The number of carbonyl (C=O) groups excluding carboxylic acids is 1. The molecular weight excluding hydrogens is 270 g/mol. The molecule has 112 valence electrons. The van der Waals surface area contributed by atoms with Crippen LogP contribution in [0.2, 0.25) is 0 Å². The van der Waals surface area contributed by atoms with Crippen LogP contribution in [-0.4, -0.2) is 19.6 Å². The number of hydrogen-bond donors (Lipinski definition) is 1. The Hall–Kier alpha value is -2.30. The van der Waals surface area contributed by atoms with E-state index in [0.717, 1.165) is 6.42 Å². The lowest BCUT2D eigenvalue weighted by atomic mass is 10.1. The van der Waals surface area contributed by atoms with Crippen LogP contribution in [0, 0.1) is 5.92 Å². The van der Waals surface area contributed by atoms with Crippen molar-refractivity contribution in [2.24, 2.45) is 5.92 Å². The summed E-state index contributed by atoms with van der Waals surface area (Å²) < 4.78 is 10.2. The third-order valence-electron chi connectivity index (χ3n) is 3.20. The van der Waals surface area contributed by atoms with Crippen molar-refractivity contribution >= 4 is 16.9 Å². The van der Waals surface area contributed by atoms with Gasteiger partial charge < -0.3 is 14.5 Å². The molecule has 0 aliphatic heterocycles. The molecule has 5 nitrogen and oxygen atoms in total. The number of hydrogen-bond acceptors (Lipinski definition) is 4. The summed E-state index contributed by atoms with van der Waals surface area (Å²) in [6, 6.07) is 6.27. The van der Waals surface area contributed by atoms with Crippen LogP contribution in [0.5, 0.6) is 5.75 Å². The largest absolute Gasteiger partial charge is 0.497 e. The lowest BCUT2D eigenvalue weighted by Crippen LogP contribution is -2.26. The van der Waals surface area contributed by atoms with Gasteiger partial charge in [-0.15, -0.1) is 0 Å². The molecule has 1 N–H and O–H groups in total. The van der Waals surface area contributed by atoms with Crippen LogP contribution in [-0.2, 0) is 0 Å². The Morgan fingerprint density at radius 2 is 2.10 bits per heavy atom. The molecule has 21 heavy (non-hydrogen) atoms. The van der Waals surface area contributed by atoms with E-state index in [1.54, 1.807) is 18.2 Å². The Balaban J connectivity index is 2.34. The Kier molecular flexibility index (Phi) is 4.62. The van der Waals surface area contributed by atoms with Crippen LogP contribution < -0.4 is 15.7 Å². The van der Waals surface area contributed by atoms with Crippen molar-refractivity contribution in [3.8, 4) is 5.75 Å². The predicted octanol–water partition coefficient (Wildman–Crippen LogP) is 2.58. The van der Waals surface area contributed by atoms with Crippen LogP contribution in [0.25, 0.3) is 11.0 Å². The van der Waals surface area contributed by atoms with Crippen molar-refractivity contribution in [3.05, 3.63) is 40.2 Å². The van der Waals surface area contributed by atoms with E-state index in [2.05, 4.69) is 19.2 Å². The Morgan fingerprint density at radius 1 is 1.33 bits per heavy atom. The molecule has 2 aromatic rings. The van der Waals surface area contributed by atoms with E-state index in [4.69, 9.17) is 9.15 Å². The number of benzene rings is 1. The fourth-order valence-corrected chi connectivity index (χ4v) is 2.03. The average molecular weight is 289 g/mol. The number of ether oxygens (including phenoxy) is 1. The molecular formula is C16H19NO4. The second-order valence-corrected chi connectivity index (χ2v) is 5.28. The quantitative estimate of drug-likeness (QED) is 0.859. The molecule has 0 spiro atoms. The molecule has 1 amide bonds. The van der Waals surface area contributed by atoms with E-state index in [-0.39, 0.29) is 5.91 Å². The van der Waals surface area contributed by atoms with Gasteiger partial charge in [-0.05, 0) is 24.5 Å². The van der Waals surface area contributed by atoms with Crippen molar-refractivity contribution in [2.75, 3.05) is 13.7 Å². The highest BCUT2D eigenvalue weighted by atomic mass is 16.5. The van der Waals surface area contributed by atoms with Crippen molar-refractivity contribution < 1.29 is 13.9 Å². The Labute approximate surface area is 122 Å². The summed E-state index contributed by atoms with van der Waals surface area (Å²) in [5, 5.41) is 3.42. The molecule has 0 atom stereocenters. The molecule has 0 aliphatic rings. The number of carbonyl (C=O) groups is 1. The summed E-state index contributed by atoms with van der Waals surface area (Å²) in [5.41, 5.74) is 0.119. The monoisotopic (exact) mass is 289 g/mol. The normalized spacial score (nSPS) is 10.9. The number of methoxy groups -OCH3 is 1. The molecule has 5 heteroatoms. The first-order valence-electron chi connectivity index (χ1n) is 6.91. The Morgan fingerprint density at radius 3 is 2.76 bits per heavy atom. The van der Waals surface area contributed by atoms with E-state index >= 15 is 0 Å². The second-order valence-electron chi connectivity index (χ2n) is 5.28. The lowest BCUT2D eigenvalue weighted by Gasteiger charge is -2.09. The zero-order valence-electron chi connectivity index (χ0n) is 12.4. The number of nitrogens with one attached hydrogen (secondary N) is 1. The first kappa shape index (κ1) is 15.1. The molecule has 0 unspecified atom stereocenters. The van der Waals surface area contributed by atoms with Crippen molar-refractivity contribution in [2.45, 2.75) is 20.3 Å².